The van der Waals surface area contributed by atoms with Crippen LogP contribution in [-0.4, -0.2) is 54.9 Å². The molecule has 1 heterocycles. The van der Waals surface area contributed by atoms with E-state index in [1.54, 1.807) is 0 Å². The third kappa shape index (κ3) is 9.67. The standard InChI is InChI=1S/C22H35O9/c1-5-9-17(23)28-13-15-21(30-19(25)11-7-3)22(31-20(26)12-8-4)16(14-27-15)29-18(24)10-6-2/h14-16,21-22H,5-13H2,1-4H3/t15-,16-,21-,22-/m1/s1. The van der Waals surface area contributed by atoms with E-state index < -0.39 is 48.3 Å². The van der Waals surface area contributed by atoms with Crippen LogP contribution in [0.15, 0.2) is 0 Å². The van der Waals surface area contributed by atoms with Crippen LogP contribution >= 0.6 is 0 Å². The molecule has 0 aliphatic carbocycles. The van der Waals surface area contributed by atoms with Crippen molar-refractivity contribution in [1.82, 2.24) is 0 Å². The SMILES string of the molecule is CCCC(=O)OC[C@H]1O[CH][C@@H](OC(=O)CCC)[C@@H](OC(=O)CCC)[C@@H]1OC(=O)CCC. The van der Waals surface area contributed by atoms with Crippen LogP contribution in [0.1, 0.15) is 79.1 Å². The molecule has 4 atom stereocenters. The smallest absolute Gasteiger partial charge is 0.306 e. The van der Waals surface area contributed by atoms with Crippen molar-refractivity contribution in [1.29, 1.82) is 0 Å². The first kappa shape index (κ1) is 26.9. The molecule has 1 aliphatic heterocycles. The van der Waals surface area contributed by atoms with Gasteiger partial charge in [0.2, 0.25) is 0 Å². The van der Waals surface area contributed by atoms with Gasteiger partial charge in [-0.1, -0.05) is 27.7 Å². The van der Waals surface area contributed by atoms with Gasteiger partial charge in [0.15, 0.2) is 18.3 Å². The van der Waals surface area contributed by atoms with Gasteiger partial charge in [0.25, 0.3) is 0 Å². The lowest BCUT2D eigenvalue weighted by atomic mass is 9.99. The third-order valence-electron chi connectivity index (χ3n) is 4.43. The molecule has 1 aliphatic rings. The molecule has 1 rings (SSSR count). The predicted molar refractivity (Wildman–Crippen MR) is 109 cm³/mol. The number of rotatable bonds is 13. The molecule has 0 aromatic rings. The van der Waals surface area contributed by atoms with Crippen molar-refractivity contribution in [3.8, 4) is 0 Å². The number of hydrogen-bond acceptors (Lipinski definition) is 9. The van der Waals surface area contributed by atoms with E-state index >= 15 is 0 Å². The Kier molecular flexibility index (Phi) is 12.8. The summed E-state index contributed by atoms with van der Waals surface area (Å²) in [7, 11) is 0. The van der Waals surface area contributed by atoms with Crippen LogP contribution < -0.4 is 0 Å². The fourth-order valence-electron chi connectivity index (χ4n) is 2.93. The van der Waals surface area contributed by atoms with E-state index in [-0.39, 0.29) is 32.3 Å². The Labute approximate surface area is 184 Å². The van der Waals surface area contributed by atoms with E-state index in [4.69, 9.17) is 23.7 Å². The predicted octanol–water partition coefficient (Wildman–Crippen LogP) is 3.03. The summed E-state index contributed by atoms with van der Waals surface area (Å²) >= 11 is 0. The van der Waals surface area contributed by atoms with Crippen LogP contribution in [0.25, 0.3) is 0 Å². The fraction of sp³-hybridized carbons (Fsp3) is 0.773. The van der Waals surface area contributed by atoms with Crippen LogP contribution in [0, 0.1) is 6.61 Å². The van der Waals surface area contributed by atoms with Gasteiger partial charge in [-0.3, -0.25) is 19.2 Å². The molecule has 0 aromatic carbocycles. The minimum Gasteiger partial charge on any atom is -0.463 e. The Morgan fingerprint density at radius 1 is 0.677 bits per heavy atom. The zero-order chi connectivity index (χ0) is 23.2. The highest BCUT2D eigenvalue weighted by Crippen LogP contribution is 2.28. The Hall–Kier alpha value is -2.16. The Bertz CT molecular complexity index is 590. The molecule has 1 fully saturated rings. The van der Waals surface area contributed by atoms with Gasteiger partial charge in [0.1, 0.15) is 19.3 Å². The first-order valence-electron chi connectivity index (χ1n) is 11.1. The van der Waals surface area contributed by atoms with Crippen LogP contribution in [0.3, 0.4) is 0 Å². The summed E-state index contributed by atoms with van der Waals surface area (Å²) in [5, 5.41) is 0. The van der Waals surface area contributed by atoms with Crippen LogP contribution in [0.4, 0.5) is 0 Å². The second-order valence-electron chi connectivity index (χ2n) is 7.36. The maximum Gasteiger partial charge on any atom is 0.306 e. The lowest BCUT2D eigenvalue weighted by Gasteiger charge is -2.40. The van der Waals surface area contributed by atoms with Crippen LogP contribution in [0.2, 0.25) is 0 Å². The summed E-state index contributed by atoms with van der Waals surface area (Å²) in [6, 6.07) is 0. The summed E-state index contributed by atoms with van der Waals surface area (Å²) in [6.45, 7) is 8.36. The van der Waals surface area contributed by atoms with Gasteiger partial charge in [-0.2, -0.15) is 0 Å². The molecule has 9 nitrogen and oxygen atoms in total. The average molecular weight is 444 g/mol. The third-order valence-corrected chi connectivity index (χ3v) is 4.43. The van der Waals surface area contributed by atoms with Crippen LogP contribution in [0.5, 0.6) is 0 Å². The number of carbonyl (C=O) groups excluding carboxylic acids is 4. The zero-order valence-corrected chi connectivity index (χ0v) is 18.9. The normalized spacial score (nSPS) is 23.0. The van der Waals surface area contributed by atoms with Crippen molar-refractivity contribution >= 4 is 23.9 Å². The van der Waals surface area contributed by atoms with Crippen molar-refractivity contribution in [3.63, 3.8) is 0 Å². The monoisotopic (exact) mass is 443 g/mol. The topological polar surface area (TPSA) is 114 Å². The highest BCUT2D eigenvalue weighted by Gasteiger charge is 2.48. The summed E-state index contributed by atoms with van der Waals surface area (Å²) < 4.78 is 27.4. The maximum atomic E-state index is 12.2. The Morgan fingerprint density at radius 3 is 1.65 bits per heavy atom. The zero-order valence-electron chi connectivity index (χ0n) is 18.9. The molecule has 0 unspecified atom stereocenters. The molecule has 0 saturated carbocycles. The molecule has 0 spiro atoms. The largest absolute Gasteiger partial charge is 0.463 e. The number of carbonyl (C=O) groups is 4. The molecule has 0 bridgehead atoms. The van der Waals surface area contributed by atoms with E-state index in [9.17, 15) is 19.2 Å². The summed E-state index contributed by atoms with van der Waals surface area (Å²) in [6.07, 6.45) is -1.12. The highest BCUT2D eigenvalue weighted by molar-refractivity contribution is 5.72. The number of hydrogen-bond donors (Lipinski definition) is 0. The van der Waals surface area contributed by atoms with Crippen LogP contribution in [-0.2, 0) is 42.9 Å². The molecule has 1 saturated heterocycles. The van der Waals surface area contributed by atoms with Crippen molar-refractivity contribution in [2.75, 3.05) is 6.61 Å². The van der Waals surface area contributed by atoms with Gasteiger partial charge < -0.3 is 23.7 Å². The minimum absolute atomic E-state index is 0.151. The second-order valence-corrected chi connectivity index (χ2v) is 7.36. The van der Waals surface area contributed by atoms with E-state index in [1.165, 1.54) is 6.61 Å². The maximum absolute atomic E-state index is 12.2. The molecular weight excluding hydrogens is 408 g/mol. The molecular formula is C22H35O9. The van der Waals surface area contributed by atoms with Gasteiger partial charge in [-0.05, 0) is 25.7 Å². The molecule has 31 heavy (non-hydrogen) atoms. The molecule has 1 radical (unpaired) electrons. The fourth-order valence-corrected chi connectivity index (χ4v) is 2.93. The summed E-state index contributed by atoms with van der Waals surface area (Å²) in [4.78, 5) is 48.3. The first-order valence-corrected chi connectivity index (χ1v) is 11.1. The van der Waals surface area contributed by atoms with E-state index in [0.717, 1.165) is 0 Å². The average Bonchev–Trinajstić information content (AvgIpc) is 2.70. The molecule has 0 amide bonds. The summed E-state index contributed by atoms with van der Waals surface area (Å²) in [5.74, 6) is -1.94. The van der Waals surface area contributed by atoms with E-state index in [2.05, 4.69) is 0 Å². The summed E-state index contributed by atoms with van der Waals surface area (Å²) in [5.41, 5.74) is 0. The molecule has 177 valence electrons. The van der Waals surface area contributed by atoms with Gasteiger partial charge >= 0.3 is 23.9 Å². The second kappa shape index (κ2) is 14.8. The number of esters is 4. The molecule has 0 N–H and O–H groups in total. The quantitative estimate of drug-likeness (QED) is 0.313. The van der Waals surface area contributed by atoms with Crippen molar-refractivity contribution in [2.24, 2.45) is 0 Å². The lowest BCUT2D eigenvalue weighted by Crippen LogP contribution is -2.57. The van der Waals surface area contributed by atoms with Gasteiger partial charge in [-0.25, -0.2) is 0 Å². The first-order chi connectivity index (χ1) is 14.9. The van der Waals surface area contributed by atoms with Crippen molar-refractivity contribution in [2.45, 2.75) is 103 Å². The van der Waals surface area contributed by atoms with E-state index in [0.29, 0.717) is 25.7 Å². The molecule has 9 heteroatoms. The van der Waals surface area contributed by atoms with Gasteiger partial charge in [0.05, 0.1) is 0 Å². The van der Waals surface area contributed by atoms with Gasteiger partial charge in [0, 0.05) is 25.7 Å². The highest BCUT2D eigenvalue weighted by atomic mass is 16.7. The number of ether oxygens (including phenoxy) is 5. The molecule has 0 aromatic heterocycles. The Balaban J connectivity index is 3.08. The van der Waals surface area contributed by atoms with Crippen molar-refractivity contribution < 1.29 is 42.9 Å². The minimum atomic E-state index is -1.11. The van der Waals surface area contributed by atoms with Gasteiger partial charge in [-0.15, -0.1) is 0 Å². The van der Waals surface area contributed by atoms with E-state index in [1.807, 2.05) is 27.7 Å². The Morgan fingerprint density at radius 2 is 1.13 bits per heavy atom. The lowest BCUT2D eigenvalue weighted by molar-refractivity contribution is -0.220. The van der Waals surface area contributed by atoms with Crippen molar-refractivity contribution in [3.05, 3.63) is 6.61 Å².